The van der Waals surface area contributed by atoms with Crippen molar-refractivity contribution in [2.45, 2.75) is 71.1 Å². The van der Waals surface area contributed by atoms with Crippen molar-refractivity contribution in [3.63, 3.8) is 0 Å². The molecule has 0 aliphatic carbocycles. The van der Waals surface area contributed by atoms with Gasteiger partial charge in [0.25, 0.3) is 0 Å². The van der Waals surface area contributed by atoms with E-state index in [1.165, 1.54) is 63.5 Å². The Labute approximate surface area is 163 Å². The molecule has 0 aromatic heterocycles. The van der Waals surface area contributed by atoms with Gasteiger partial charge in [-0.25, -0.2) is 0 Å². The lowest BCUT2D eigenvalue weighted by Crippen LogP contribution is -2.00. The fraction of sp³-hybridized carbons (Fsp3) is 0.458. The molecule has 3 nitrogen and oxygen atoms in total. The number of unbranched alkanes of at least 4 members (excludes halogenated alkanes) is 7. The van der Waals surface area contributed by atoms with Gasteiger partial charge in [0.2, 0.25) is 0 Å². The quantitative estimate of drug-likeness (QED) is 0.346. The highest BCUT2D eigenvalue weighted by Gasteiger charge is 2.14. The Kier molecular flexibility index (Phi) is 8.90. The standard InChI is InChI=1S/C24H32O3/c1-19(25)24-21(17-22(26)18-23(24)27)16-12-7-5-3-2-4-6-9-13-20-14-10-8-11-15-20/h8,10-11,14-15,17-18,26-27H,2-7,9,12-13,16H2,1H3. The predicted molar refractivity (Wildman–Crippen MR) is 111 cm³/mol. The third-order valence-electron chi connectivity index (χ3n) is 5.04. The van der Waals surface area contributed by atoms with E-state index in [2.05, 4.69) is 30.3 Å². The first kappa shape index (κ1) is 21.0. The summed E-state index contributed by atoms with van der Waals surface area (Å²) in [6, 6.07) is 13.5. The fourth-order valence-corrected chi connectivity index (χ4v) is 3.62. The van der Waals surface area contributed by atoms with Crippen LogP contribution >= 0.6 is 0 Å². The average molecular weight is 369 g/mol. The molecule has 0 amide bonds. The van der Waals surface area contributed by atoms with Gasteiger partial charge in [0.05, 0.1) is 5.56 Å². The van der Waals surface area contributed by atoms with Gasteiger partial charge in [0.1, 0.15) is 11.5 Å². The fourth-order valence-electron chi connectivity index (χ4n) is 3.62. The molecule has 0 spiro atoms. The first-order chi connectivity index (χ1) is 13.1. The Hall–Kier alpha value is -2.29. The number of aryl methyl sites for hydroxylation is 2. The molecule has 3 heteroatoms. The summed E-state index contributed by atoms with van der Waals surface area (Å²) in [6.45, 7) is 1.45. The lowest BCUT2D eigenvalue weighted by atomic mass is 9.97. The maximum Gasteiger partial charge on any atom is 0.163 e. The topological polar surface area (TPSA) is 57.5 Å². The number of hydrogen-bond acceptors (Lipinski definition) is 3. The number of benzene rings is 2. The number of hydrogen-bond donors (Lipinski definition) is 2. The summed E-state index contributed by atoms with van der Waals surface area (Å²) >= 11 is 0. The Morgan fingerprint density at radius 3 is 1.93 bits per heavy atom. The third kappa shape index (κ3) is 7.46. The van der Waals surface area contributed by atoms with E-state index in [-0.39, 0.29) is 17.3 Å². The molecule has 0 unspecified atom stereocenters. The molecule has 2 rings (SSSR count). The summed E-state index contributed by atoms with van der Waals surface area (Å²) in [5.41, 5.74) is 2.53. The van der Waals surface area contributed by atoms with Gasteiger partial charge in [-0.15, -0.1) is 0 Å². The molecule has 0 aliphatic rings. The van der Waals surface area contributed by atoms with E-state index in [1.54, 1.807) is 6.07 Å². The Morgan fingerprint density at radius 2 is 1.33 bits per heavy atom. The highest BCUT2D eigenvalue weighted by atomic mass is 16.3. The molecule has 0 bridgehead atoms. The van der Waals surface area contributed by atoms with E-state index in [0.717, 1.165) is 18.4 Å². The lowest BCUT2D eigenvalue weighted by molar-refractivity contribution is 0.101. The molecule has 2 N–H and O–H groups in total. The molecule has 2 aromatic carbocycles. The van der Waals surface area contributed by atoms with Gasteiger partial charge in [-0.1, -0.05) is 68.9 Å². The minimum Gasteiger partial charge on any atom is -0.508 e. The molecule has 0 saturated heterocycles. The number of carbonyl (C=O) groups excluding carboxylic acids is 1. The highest BCUT2D eigenvalue weighted by molar-refractivity contribution is 5.98. The van der Waals surface area contributed by atoms with Crippen molar-refractivity contribution < 1.29 is 15.0 Å². The summed E-state index contributed by atoms with van der Waals surface area (Å²) in [6.07, 6.45) is 11.5. The maximum absolute atomic E-state index is 11.7. The number of ketones is 1. The monoisotopic (exact) mass is 368 g/mol. The summed E-state index contributed by atoms with van der Waals surface area (Å²) in [5, 5.41) is 19.5. The number of aromatic hydroxyl groups is 2. The first-order valence-corrected chi connectivity index (χ1v) is 10.2. The molecule has 0 saturated carbocycles. The Morgan fingerprint density at radius 1 is 0.778 bits per heavy atom. The molecule has 0 heterocycles. The van der Waals surface area contributed by atoms with Gasteiger partial charge < -0.3 is 10.2 Å². The SMILES string of the molecule is CC(=O)c1c(O)cc(O)cc1CCCCCCCCCCc1ccccc1. The highest BCUT2D eigenvalue weighted by Crippen LogP contribution is 2.29. The second-order valence-corrected chi connectivity index (χ2v) is 7.37. The van der Waals surface area contributed by atoms with Gasteiger partial charge in [-0.3, -0.25) is 4.79 Å². The number of carbonyl (C=O) groups is 1. The Bertz CT molecular complexity index is 707. The van der Waals surface area contributed by atoms with Crippen LogP contribution in [-0.2, 0) is 12.8 Å². The van der Waals surface area contributed by atoms with Crippen LogP contribution in [0.2, 0.25) is 0 Å². The van der Waals surface area contributed by atoms with Gasteiger partial charge in [-0.05, 0) is 49.8 Å². The number of phenolic OH excluding ortho intramolecular Hbond substituents is 2. The van der Waals surface area contributed by atoms with Crippen LogP contribution in [0.25, 0.3) is 0 Å². The minimum absolute atomic E-state index is 0.0167. The van der Waals surface area contributed by atoms with Crippen molar-refractivity contribution in [2.24, 2.45) is 0 Å². The Balaban J connectivity index is 1.56. The van der Waals surface area contributed by atoms with Crippen LogP contribution in [0, 0.1) is 0 Å². The number of Topliss-reactive ketones (excluding diaryl/α,β-unsaturated/α-hetero) is 1. The maximum atomic E-state index is 11.7. The van der Waals surface area contributed by atoms with Gasteiger partial charge in [0, 0.05) is 6.07 Å². The third-order valence-corrected chi connectivity index (χ3v) is 5.04. The minimum atomic E-state index is -0.155. The summed E-state index contributed by atoms with van der Waals surface area (Å²) in [5.74, 6) is -0.256. The molecule has 0 fully saturated rings. The van der Waals surface area contributed by atoms with Crippen LogP contribution in [0.5, 0.6) is 11.5 Å². The zero-order chi connectivity index (χ0) is 19.5. The molecular formula is C24H32O3. The predicted octanol–water partition coefficient (Wildman–Crippen LogP) is 6.21. The summed E-state index contributed by atoms with van der Waals surface area (Å²) in [4.78, 5) is 11.7. The number of rotatable bonds is 12. The molecule has 0 atom stereocenters. The van der Waals surface area contributed by atoms with Crippen LogP contribution in [0.1, 0.15) is 79.8 Å². The van der Waals surface area contributed by atoms with Crippen LogP contribution in [0.3, 0.4) is 0 Å². The molecule has 2 aromatic rings. The number of phenols is 2. The van der Waals surface area contributed by atoms with Crippen LogP contribution in [-0.4, -0.2) is 16.0 Å². The van der Waals surface area contributed by atoms with E-state index in [9.17, 15) is 15.0 Å². The molecular weight excluding hydrogens is 336 g/mol. The van der Waals surface area contributed by atoms with Gasteiger partial charge >= 0.3 is 0 Å². The second-order valence-electron chi connectivity index (χ2n) is 7.37. The molecule has 27 heavy (non-hydrogen) atoms. The van der Waals surface area contributed by atoms with E-state index in [1.807, 2.05) is 0 Å². The van der Waals surface area contributed by atoms with Crippen molar-refractivity contribution >= 4 is 5.78 Å². The van der Waals surface area contributed by atoms with Crippen molar-refractivity contribution in [2.75, 3.05) is 0 Å². The van der Waals surface area contributed by atoms with Crippen molar-refractivity contribution in [1.82, 2.24) is 0 Å². The van der Waals surface area contributed by atoms with Crippen molar-refractivity contribution in [3.8, 4) is 11.5 Å². The second kappa shape index (κ2) is 11.4. The van der Waals surface area contributed by atoms with Gasteiger partial charge in [-0.2, -0.15) is 0 Å². The normalized spacial score (nSPS) is 10.9. The zero-order valence-electron chi connectivity index (χ0n) is 16.4. The van der Waals surface area contributed by atoms with Crippen LogP contribution < -0.4 is 0 Å². The lowest BCUT2D eigenvalue weighted by Gasteiger charge is -2.10. The van der Waals surface area contributed by atoms with E-state index in [4.69, 9.17) is 0 Å². The largest absolute Gasteiger partial charge is 0.508 e. The average Bonchev–Trinajstić information content (AvgIpc) is 2.63. The molecule has 146 valence electrons. The molecule has 0 radical (unpaired) electrons. The van der Waals surface area contributed by atoms with Gasteiger partial charge in [0.15, 0.2) is 5.78 Å². The molecule has 0 aliphatic heterocycles. The smallest absolute Gasteiger partial charge is 0.163 e. The van der Waals surface area contributed by atoms with Crippen LogP contribution in [0.4, 0.5) is 0 Å². The van der Waals surface area contributed by atoms with Crippen LogP contribution in [0.15, 0.2) is 42.5 Å². The zero-order valence-corrected chi connectivity index (χ0v) is 16.4. The van der Waals surface area contributed by atoms with Crippen molar-refractivity contribution in [3.05, 3.63) is 59.2 Å². The van der Waals surface area contributed by atoms with E-state index in [0.29, 0.717) is 12.0 Å². The van der Waals surface area contributed by atoms with Crippen molar-refractivity contribution in [1.29, 1.82) is 0 Å². The summed E-state index contributed by atoms with van der Waals surface area (Å²) < 4.78 is 0. The first-order valence-electron chi connectivity index (χ1n) is 10.2. The van der Waals surface area contributed by atoms with E-state index < -0.39 is 0 Å². The summed E-state index contributed by atoms with van der Waals surface area (Å²) in [7, 11) is 0. The van der Waals surface area contributed by atoms with E-state index >= 15 is 0 Å².